The number of methoxy groups -OCH3 is 1. The highest BCUT2D eigenvalue weighted by Crippen LogP contribution is 2.27. The van der Waals surface area contributed by atoms with Crippen molar-refractivity contribution in [2.24, 2.45) is 5.10 Å². The van der Waals surface area contributed by atoms with Gasteiger partial charge in [-0.05, 0) is 49.7 Å². The molecule has 0 unspecified atom stereocenters. The lowest BCUT2D eigenvalue weighted by Gasteiger charge is -2.09. The maximum absolute atomic E-state index is 11.9. The number of hydrazone groups is 1. The van der Waals surface area contributed by atoms with Gasteiger partial charge in [-0.2, -0.15) is 5.10 Å². The second-order valence-corrected chi connectivity index (χ2v) is 6.72. The van der Waals surface area contributed by atoms with E-state index in [4.69, 9.17) is 9.47 Å². The zero-order valence-electron chi connectivity index (χ0n) is 15.3. The number of nitrogens with zero attached hydrogens (tertiary/aromatic N) is 1. The molecule has 0 bridgehead atoms. The summed E-state index contributed by atoms with van der Waals surface area (Å²) >= 11 is 1.66. The first-order chi connectivity index (χ1) is 12.6. The SMILES string of the molecule is CCOc1ccc(/C=N\NC(=O)CCSc2ccc(C)cc2)cc1OC. The summed E-state index contributed by atoms with van der Waals surface area (Å²) in [7, 11) is 1.59. The molecule has 0 heterocycles. The van der Waals surface area contributed by atoms with Gasteiger partial charge in [0, 0.05) is 17.1 Å². The third kappa shape index (κ3) is 6.44. The third-order valence-electron chi connectivity index (χ3n) is 3.51. The van der Waals surface area contributed by atoms with Gasteiger partial charge in [-0.1, -0.05) is 17.7 Å². The number of hydrogen-bond acceptors (Lipinski definition) is 5. The second kappa shape index (κ2) is 10.5. The fourth-order valence-corrected chi connectivity index (χ4v) is 3.02. The summed E-state index contributed by atoms with van der Waals surface area (Å²) in [5, 5.41) is 4.00. The number of nitrogens with one attached hydrogen (secondary N) is 1. The number of aryl methyl sites for hydroxylation is 1. The molecule has 0 aliphatic heterocycles. The van der Waals surface area contributed by atoms with Gasteiger partial charge in [0.25, 0.3) is 0 Å². The van der Waals surface area contributed by atoms with E-state index in [2.05, 4.69) is 41.7 Å². The number of ether oxygens (including phenoxy) is 2. The van der Waals surface area contributed by atoms with Crippen molar-refractivity contribution >= 4 is 23.9 Å². The Bertz CT molecular complexity index is 745. The Hall–Kier alpha value is -2.47. The highest BCUT2D eigenvalue weighted by atomic mass is 32.2. The lowest BCUT2D eigenvalue weighted by atomic mass is 10.2. The molecule has 0 spiro atoms. The standard InChI is InChI=1S/C20H24N2O3S/c1-4-25-18-10-7-16(13-19(18)24-3)14-21-22-20(23)11-12-26-17-8-5-15(2)6-9-17/h5-10,13-14H,4,11-12H2,1-3H3,(H,22,23)/b21-14-. The van der Waals surface area contributed by atoms with E-state index in [0.717, 1.165) is 10.5 Å². The minimum Gasteiger partial charge on any atom is -0.493 e. The van der Waals surface area contributed by atoms with Gasteiger partial charge in [0.05, 0.1) is 19.9 Å². The zero-order chi connectivity index (χ0) is 18.8. The van der Waals surface area contributed by atoms with E-state index in [-0.39, 0.29) is 5.91 Å². The van der Waals surface area contributed by atoms with Crippen LogP contribution in [0, 0.1) is 6.92 Å². The van der Waals surface area contributed by atoms with E-state index in [1.54, 1.807) is 25.1 Å². The third-order valence-corrected chi connectivity index (χ3v) is 4.52. The fourth-order valence-electron chi connectivity index (χ4n) is 2.17. The number of benzene rings is 2. The number of rotatable bonds is 9. The molecule has 2 rings (SSSR count). The molecule has 0 atom stereocenters. The van der Waals surface area contributed by atoms with Gasteiger partial charge in [-0.15, -0.1) is 11.8 Å². The Morgan fingerprint density at radius 3 is 2.65 bits per heavy atom. The van der Waals surface area contributed by atoms with Gasteiger partial charge in [0.1, 0.15) is 0 Å². The van der Waals surface area contributed by atoms with Crippen molar-refractivity contribution < 1.29 is 14.3 Å². The summed E-state index contributed by atoms with van der Waals surface area (Å²) in [5.41, 5.74) is 4.60. The Kier molecular flexibility index (Phi) is 8.02. The van der Waals surface area contributed by atoms with Crippen LogP contribution < -0.4 is 14.9 Å². The highest BCUT2D eigenvalue weighted by Gasteiger charge is 2.04. The largest absolute Gasteiger partial charge is 0.493 e. The normalized spacial score (nSPS) is 10.7. The summed E-state index contributed by atoms with van der Waals surface area (Å²) in [4.78, 5) is 13.0. The van der Waals surface area contributed by atoms with Crippen LogP contribution in [0.25, 0.3) is 0 Å². The molecular formula is C20H24N2O3S. The lowest BCUT2D eigenvalue weighted by molar-refractivity contribution is -0.120. The quantitative estimate of drug-likeness (QED) is 0.410. The maximum atomic E-state index is 11.9. The minimum atomic E-state index is -0.112. The monoisotopic (exact) mass is 372 g/mol. The smallest absolute Gasteiger partial charge is 0.240 e. The summed E-state index contributed by atoms with van der Waals surface area (Å²) in [5.74, 6) is 1.92. The first-order valence-electron chi connectivity index (χ1n) is 8.44. The summed E-state index contributed by atoms with van der Waals surface area (Å²) in [6, 6.07) is 13.8. The van der Waals surface area contributed by atoms with Crippen LogP contribution in [0.5, 0.6) is 11.5 Å². The molecule has 0 aliphatic rings. The molecule has 0 aromatic heterocycles. The van der Waals surface area contributed by atoms with Crippen molar-refractivity contribution in [2.45, 2.75) is 25.2 Å². The average molecular weight is 372 g/mol. The molecule has 1 N–H and O–H groups in total. The second-order valence-electron chi connectivity index (χ2n) is 5.55. The molecule has 5 nitrogen and oxygen atoms in total. The van der Waals surface area contributed by atoms with Crippen LogP contribution >= 0.6 is 11.8 Å². The topological polar surface area (TPSA) is 59.9 Å². The molecule has 0 aliphatic carbocycles. The van der Waals surface area contributed by atoms with Crippen LogP contribution in [0.2, 0.25) is 0 Å². The van der Waals surface area contributed by atoms with E-state index in [9.17, 15) is 4.79 Å². The number of amides is 1. The predicted octanol–water partition coefficient (Wildman–Crippen LogP) is 4.03. The van der Waals surface area contributed by atoms with Gasteiger partial charge in [-0.3, -0.25) is 4.79 Å². The van der Waals surface area contributed by atoms with E-state index in [1.165, 1.54) is 5.56 Å². The molecule has 1 amide bonds. The molecule has 0 saturated carbocycles. The van der Waals surface area contributed by atoms with Crippen molar-refractivity contribution in [1.29, 1.82) is 0 Å². The van der Waals surface area contributed by atoms with E-state index < -0.39 is 0 Å². The Morgan fingerprint density at radius 2 is 1.96 bits per heavy atom. The van der Waals surface area contributed by atoms with Gasteiger partial charge in [-0.25, -0.2) is 5.43 Å². The van der Waals surface area contributed by atoms with E-state index in [1.807, 2.05) is 25.1 Å². The van der Waals surface area contributed by atoms with Crippen molar-refractivity contribution in [2.75, 3.05) is 19.5 Å². The minimum absolute atomic E-state index is 0.112. The van der Waals surface area contributed by atoms with Gasteiger partial charge in [0.2, 0.25) is 5.91 Å². The molecule has 0 fully saturated rings. The van der Waals surface area contributed by atoms with Crippen LogP contribution in [0.3, 0.4) is 0 Å². The molecule has 2 aromatic rings. The Morgan fingerprint density at radius 1 is 1.19 bits per heavy atom. The Labute approximate surface area is 158 Å². The van der Waals surface area contributed by atoms with Crippen molar-refractivity contribution in [3.05, 3.63) is 53.6 Å². The summed E-state index contributed by atoms with van der Waals surface area (Å²) < 4.78 is 10.8. The highest BCUT2D eigenvalue weighted by molar-refractivity contribution is 7.99. The van der Waals surface area contributed by atoms with E-state index in [0.29, 0.717) is 30.3 Å². The molecule has 0 saturated heterocycles. The van der Waals surface area contributed by atoms with Crippen LogP contribution in [0.1, 0.15) is 24.5 Å². The maximum Gasteiger partial charge on any atom is 0.240 e. The fraction of sp³-hybridized carbons (Fsp3) is 0.300. The Balaban J connectivity index is 1.78. The molecule has 2 aromatic carbocycles. The van der Waals surface area contributed by atoms with Gasteiger partial charge >= 0.3 is 0 Å². The van der Waals surface area contributed by atoms with Gasteiger partial charge < -0.3 is 9.47 Å². The number of carbonyl (C=O) groups is 1. The van der Waals surface area contributed by atoms with Crippen LogP contribution in [-0.2, 0) is 4.79 Å². The number of hydrogen-bond donors (Lipinski definition) is 1. The van der Waals surface area contributed by atoms with Crippen LogP contribution in [0.15, 0.2) is 52.5 Å². The van der Waals surface area contributed by atoms with Crippen LogP contribution in [0.4, 0.5) is 0 Å². The summed E-state index contributed by atoms with van der Waals surface area (Å²) in [6.07, 6.45) is 1.99. The lowest BCUT2D eigenvalue weighted by Crippen LogP contribution is -2.17. The van der Waals surface area contributed by atoms with Crippen molar-refractivity contribution in [3.63, 3.8) is 0 Å². The molecular weight excluding hydrogens is 348 g/mol. The molecule has 26 heavy (non-hydrogen) atoms. The molecule has 6 heteroatoms. The number of thioether (sulfide) groups is 1. The summed E-state index contributed by atoms with van der Waals surface area (Å²) in [6.45, 7) is 4.54. The van der Waals surface area contributed by atoms with Crippen LogP contribution in [-0.4, -0.2) is 31.6 Å². The molecule has 0 radical (unpaired) electrons. The van der Waals surface area contributed by atoms with Crippen molar-refractivity contribution in [3.8, 4) is 11.5 Å². The zero-order valence-corrected chi connectivity index (χ0v) is 16.1. The van der Waals surface area contributed by atoms with Gasteiger partial charge in [0.15, 0.2) is 11.5 Å². The van der Waals surface area contributed by atoms with E-state index >= 15 is 0 Å². The van der Waals surface area contributed by atoms with Crippen molar-refractivity contribution in [1.82, 2.24) is 5.43 Å². The molecule has 138 valence electrons. The first-order valence-corrected chi connectivity index (χ1v) is 9.43. The predicted molar refractivity (Wildman–Crippen MR) is 106 cm³/mol. The first kappa shape index (κ1) is 19.8. The number of carbonyl (C=O) groups excluding carboxylic acids is 1. The average Bonchev–Trinajstić information content (AvgIpc) is 2.64.